The topological polar surface area (TPSA) is 42.4 Å². The summed E-state index contributed by atoms with van der Waals surface area (Å²) in [6.45, 7) is 5.38. The molecular formula is C17H20N2O2S. The van der Waals surface area contributed by atoms with Crippen molar-refractivity contribution in [2.45, 2.75) is 32.7 Å². The number of carbonyl (C=O) groups excluding carboxylic acids is 1. The number of likely N-dealkylation sites (tertiary alicyclic amines) is 1. The van der Waals surface area contributed by atoms with Crippen molar-refractivity contribution >= 4 is 17.2 Å². The SMILES string of the molecule is CCOc1ccc([C@@H]2CCCN2C(=O)c2cnc(C)s2)cc1. The molecule has 1 aromatic carbocycles. The lowest BCUT2D eigenvalue weighted by molar-refractivity contribution is 0.0740. The molecule has 0 saturated carbocycles. The molecule has 5 heteroatoms. The number of nitrogens with zero attached hydrogens (tertiary/aromatic N) is 2. The fraction of sp³-hybridized carbons (Fsp3) is 0.412. The van der Waals surface area contributed by atoms with Gasteiger partial charge >= 0.3 is 0 Å². The summed E-state index contributed by atoms with van der Waals surface area (Å²) in [5.41, 5.74) is 1.18. The van der Waals surface area contributed by atoms with E-state index in [1.807, 2.05) is 30.9 Å². The predicted molar refractivity (Wildman–Crippen MR) is 87.5 cm³/mol. The summed E-state index contributed by atoms with van der Waals surface area (Å²) in [5.74, 6) is 0.974. The highest BCUT2D eigenvalue weighted by molar-refractivity contribution is 7.13. The summed E-state index contributed by atoms with van der Waals surface area (Å²) >= 11 is 1.47. The molecule has 0 unspecified atom stereocenters. The second-order valence-corrected chi connectivity index (χ2v) is 6.64. The van der Waals surface area contributed by atoms with Crippen molar-refractivity contribution in [1.29, 1.82) is 0 Å². The number of amides is 1. The summed E-state index contributed by atoms with van der Waals surface area (Å²) in [7, 11) is 0. The Hall–Kier alpha value is -1.88. The molecule has 0 aliphatic carbocycles. The highest BCUT2D eigenvalue weighted by Gasteiger charge is 2.31. The summed E-state index contributed by atoms with van der Waals surface area (Å²) in [4.78, 5) is 19.6. The van der Waals surface area contributed by atoms with E-state index in [2.05, 4.69) is 17.1 Å². The minimum absolute atomic E-state index is 0.0991. The first-order valence-corrected chi connectivity index (χ1v) is 8.47. The van der Waals surface area contributed by atoms with E-state index in [1.165, 1.54) is 16.9 Å². The van der Waals surface area contributed by atoms with Gasteiger partial charge in [0.15, 0.2) is 0 Å². The van der Waals surface area contributed by atoms with E-state index in [0.29, 0.717) is 6.61 Å². The molecule has 1 fully saturated rings. The van der Waals surface area contributed by atoms with Gasteiger partial charge in [0.1, 0.15) is 10.6 Å². The number of rotatable bonds is 4. The fourth-order valence-corrected chi connectivity index (χ4v) is 3.64. The fourth-order valence-electron chi connectivity index (χ4n) is 2.91. The third kappa shape index (κ3) is 2.99. The number of aryl methyl sites for hydroxylation is 1. The molecule has 4 nitrogen and oxygen atoms in total. The number of benzene rings is 1. The van der Waals surface area contributed by atoms with Crippen LogP contribution in [0, 0.1) is 6.92 Å². The van der Waals surface area contributed by atoms with Crippen LogP contribution in [0.1, 0.15) is 46.0 Å². The van der Waals surface area contributed by atoms with Gasteiger partial charge in [-0.05, 0) is 44.4 Å². The molecule has 1 saturated heterocycles. The zero-order valence-corrected chi connectivity index (χ0v) is 13.7. The summed E-state index contributed by atoms with van der Waals surface area (Å²) < 4.78 is 5.48. The summed E-state index contributed by atoms with van der Waals surface area (Å²) in [5, 5.41) is 0.931. The standard InChI is InChI=1S/C17H20N2O2S/c1-3-21-14-8-6-13(7-9-14)15-5-4-10-19(15)17(20)16-11-18-12(2)22-16/h6-9,11,15H,3-5,10H2,1-2H3/t15-/m0/s1. The zero-order valence-electron chi connectivity index (χ0n) is 12.9. The maximum absolute atomic E-state index is 12.7. The third-order valence-electron chi connectivity index (χ3n) is 3.92. The second kappa shape index (κ2) is 6.48. The zero-order chi connectivity index (χ0) is 15.5. The normalized spacial score (nSPS) is 17.7. The van der Waals surface area contributed by atoms with Crippen molar-refractivity contribution < 1.29 is 9.53 Å². The predicted octanol–water partition coefficient (Wildman–Crippen LogP) is 3.83. The highest BCUT2D eigenvalue weighted by atomic mass is 32.1. The third-order valence-corrected chi connectivity index (χ3v) is 4.82. The Bertz CT molecular complexity index is 651. The van der Waals surface area contributed by atoms with Gasteiger partial charge in [-0.15, -0.1) is 11.3 Å². The molecule has 1 aliphatic rings. The van der Waals surface area contributed by atoms with Crippen LogP contribution in [0.15, 0.2) is 30.5 Å². The Kier molecular flexibility index (Phi) is 4.43. The monoisotopic (exact) mass is 316 g/mol. The minimum Gasteiger partial charge on any atom is -0.494 e. The van der Waals surface area contributed by atoms with Crippen molar-refractivity contribution in [3.63, 3.8) is 0 Å². The van der Waals surface area contributed by atoms with E-state index in [0.717, 1.165) is 35.0 Å². The number of carbonyl (C=O) groups is 1. The number of hydrogen-bond donors (Lipinski definition) is 0. The van der Waals surface area contributed by atoms with Crippen molar-refractivity contribution in [2.75, 3.05) is 13.2 Å². The van der Waals surface area contributed by atoms with Crippen LogP contribution in [0.25, 0.3) is 0 Å². The molecule has 0 bridgehead atoms. The van der Waals surface area contributed by atoms with Crippen molar-refractivity contribution in [3.05, 3.63) is 45.9 Å². The number of aromatic nitrogens is 1. The largest absolute Gasteiger partial charge is 0.494 e. The summed E-state index contributed by atoms with van der Waals surface area (Å²) in [6.07, 6.45) is 3.74. The number of ether oxygens (including phenoxy) is 1. The first-order chi connectivity index (χ1) is 10.7. The lowest BCUT2D eigenvalue weighted by atomic mass is 10.0. The van der Waals surface area contributed by atoms with Crippen molar-refractivity contribution in [1.82, 2.24) is 9.88 Å². The molecule has 116 valence electrons. The van der Waals surface area contributed by atoms with Crippen molar-refractivity contribution in [3.8, 4) is 5.75 Å². The number of thiazole rings is 1. The van der Waals surface area contributed by atoms with Crippen LogP contribution in [0.2, 0.25) is 0 Å². The van der Waals surface area contributed by atoms with Gasteiger partial charge in [0, 0.05) is 6.54 Å². The Labute approximate surface area is 134 Å². The molecule has 1 aliphatic heterocycles. The molecular weight excluding hydrogens is 296 g/mol. The Morgan fingerprint density at radius 1 is 1.41 bits per heavy atom. The smallest absolute Gasteiger partial charge is 0.266 e. The highest BCUT2D eigenvalue weighted by Crippen LogP contribution is 2.34. The lowest BCUT2D eigenvalue weighted by Crippen LogP contribution is -2.29. The molecule has 2 heterocycles. The molecule has 1 amide bonds. The first kappa shape index (κ1) is 15.0. The van der Waals surface area contributed by atoms with Gasteiger partial charge < -0.3 is 9.64 Å². The molecule has 2 aromatic rings. The van der Waals surface area contributed by atoms with Crippen molar-refractivity contribution in [2.24, 2.45) is 0 Å². The van der Waals surface area contributed by atoms with E-state index in [-0.39, 0.29) is 11.9 Å². The molecule has 0 radical (unpaired) electrons. The maximum Gasteiger partial charge on any atom is 0.266 e. The Morgan fingerprint density at radius 2 is 2.18 bits per heavy atom. The van der Waals surface area contributed by atoms with Gasteiger partial charge in [0.05, 0.1) is 23.9 Å². The molecule has 3 rings (SSSR count). The lowest BCUT2D eigenvalue weighted by Gasteiger charge is -2.24. The van der Waals surface area contributed by atoms with Crippen LogP contribution in [-0.4, -0.2) is 28.9 Å². The van der Waals surface area contributed by atoms with Gasteiger partial charge in [-0.25, -0.2) is 4.98 Å². The van der Waals surface area contributed by atoms with Crippen LogP contribution in [-0.2, 0) is 0 Å². The Morgan fingerprint density at radius 3 is 2.82 bits per heavy atom. The molecule has 1 atom stereocenters. The van der Waals surface area contributed by atoms with Gasteiger partial charge in [-0.3, -0.25) is 4.79 Å². The second-order valence-electron chi connectivity index (χ2n) is 5.40. The summed E-state index contributed by atoms with van der Waals surface area (Å²) in [6, 6.07) is 8.26. The van der Waals surface area contributed by atoms with E-state index >= 15 is 0 Å². The average molecular weight is 316 g/mol. The molecule has 1 aromatic heterocycles. The van der Waals surface area contributed by atoms with Crippen LogP contribution in [0.5, 0.6) is 5.75 Å². The molecule has 0 spiro atoms. The van der Waals surface area contributed by atoms with Crippen LogP contribution < -0.4 is 4.74 Å². The molecule has 22 heavy (non-hydrogen) atoms. The van der Waals surface area contributed by atoms with E-state index in [4.69, 9.17) is 4.74 Å². The van der Waals surface area contributed by atoms with E-state index < -0.39 is 0 Å². The maximum atomic E-state index is 12.7. The Balaban J connectivity index is 1.79. The first-order valence-electron chi connectivity index (χ1n) is 7.65. The molecule has 0 N–H and O–H groups in total. The van der Waals surface area contributed by atoms with E-state index in [1.54, 1.807) is 6.20 Å². The average Bonchev–Trinajstić information content (AvgIpc) is 3.16. The van der Waals surface area contributed by atoms with Gasteiger partial charge in [0.25, 0.3) is 5.91 Å². The van der Waals surface area contributed by atoms with Gasteiger partial charge in [-0.1, -0.05) is 12.1 Å². The van der Waals surface area contributed by atoms with Crippen LogP contribution in [0.4, 0.5) is 0 Å². The van der Waals surface area contributed by atoms with Crippen LogP contribution >= 0.6 is 11.3 Å². The quantitative estimate of drug-likeness (QED) is 0.861. The van der Waals surface area contributed by atoms with Gasteiger partial charge in [0.2, 0.25) is 0 Å². The number of hydrogen-bond acceptors (Lipinski definition) is 4. The van der Waals surface area contributed by atoms with Gasteiger partial charge in [-0.2, -0.15) is 0 Å². The minimum atomic E-state index is 0.0991. The van der Waals surface area contributed by atoms with Crippen LogP contribution in [0.3, 0.4) is 0 Å². The van der Waals surface area contributed by atoms with E-state index in [9.17, 15) is 4.79 Å².